The van der Waals surface area contributed by atoms with Crippen molar-refractivity contribution < 1.29 is 14.1 Å². The lowest BCUT2D eigenvalue weighted by Gasteiger charge is -2.15. The summed E-state index contributed by atoms with van der Waals surface area (Å²) >= 11 is 0. The van der Waals surface area contributed by atoms with Crippen LogP contribution in [0.4, 0.5) is 20.6 Å². The minimum Gasteiger partial charge on any atom is -0.325 e. The number of hydrogen-bond acceptors (Lipinski definition) is 3. The zero-order valence-corrected chi connectivity index (χ0v) is 9.56. The van der Waals surface area contributed by atoms with Crippen molar-refractivity contribution in [3.8, 4) is 0 Å². The smallest absolute Gasteiger partial charge is 0.321 e. The predicted octanol–water partition coefficient (Wildman–Crippen LogP) is 2.36. The van der Waals surface area contributed by atoms with Crippen LogP contribution in [-0.2, 0) is 0 Å². The van der Waals surface area contributed by atoms with E-state index in [0.717, 1.165) is 25.0 Å². The molecule has 1 N–H and O–H groups in total. The van der Waals surface area contributed by atoms with Gasteiger partial charge in [-0.15, -0.1) is 0 Å². The molecule has 2 rings (SSSR count). The Kier molecular flexibility index (Phi) is 3.40. The summed E-state index contributed by atoms with van der Waals surface area (Å²) in [4.78, 5) is 23.1. The molecule has 0 aromatic heterocycles. The number of halogens is 1. The maximum atomic E-state index is 13.1. The van der Waals surface area contributed by atoms with Crippen LogP contribution >= 0.6 is 0 Å². The minimum atomic E-state index is -0.917. The Labute approximate surface area is 103 Å². The summed E-state index contributed by atoms with van der Waals surface area (Å²) in [5.74, 6) is -0.917. The van der Waals surface area contributed by atoms with Gasteiger partial charge in [0, 0.05) is 24.8 Å². The van der Waals surface area contributed by atoms with E-state index in [4.69, 9.17) is 0 Å². The number of nitro groups is 1. The number of amides is 2. The van der Waals surface area contributed by atoms with Gasteiger partial charge in [-0.05, 0) is 25.0 Å². The van der Waals surface area contributed by atoms with E-state index >= 15 is 0 Å². The zero-order chi connectivity index (χ0) is 13.1. The lowest BCUT2D eigenvalue weighted by atomic mass is 10.2. The number of nitro benzene ring substituents is 1. The highest BCUT2D eigenvalue weighted by Crippen LogP contribution is 2.22. The van der Waals surface area contributed by atoms with E-state index < -0.39 is 16.4 Å². The molecule has 0 unspecified atom stereocenters. The number of hydrogen-bond donors (Lipinski definition) is 1. The molecule has 1 aromatic carbocycles. The topological polar surface area (TPSA) is 75.5 Å². The van der Waals surface area contributed by atoms with E-state index in [2.05, 4.69) is 5.32 Å². The van der Waals surface area contributed by atoms with Crippen molar-refractivity contribution in [2.45, 2.75) is 12.8 Å². The molecule has 1 fully saturated rings. The van der Waals surface area contributed by atoms with Crippen molar-refractivity contribution in [3.63, 3.8) is 0 Å². The molecular weight excluding hydrogens is 241 g/mol. The summed E-state index contributed by atoms with van der Waals surface area (Å²) in [6.07, 6.45) is 1.91. The quantitative estimate of drug-likeness (QED) is 0.649. The van der Waals surface area contributed by atoms with Crippen LogP contribution in [0, 0.1) is 15.9 Å². The molecule has 18 heavy (non-hydrogen) atoms. The first-order chi connectivity index (χ1) is 8.58. The van der Waals surface area contributed by atoms with Gasteiger partial charge in [-0.2, -0.15) is 4.39 Å². The van der Waals surface area contributed by atoms with Gasteiger partial charge in [0.2, 0.25) is 5.82 Å². The van der Waals surface area contributed by atoms with Gasteiger partial charge in [-0.1, -0.05) is 0 Å². The number of urea groups is 1. The summed E-state index contributed by atoms with van der Waals surface area (Å²) in [7, 11) is 0. The van der Waals surface area contributed by atoms with Crippen LogP contribution in [-0.4, -0.2) is 28.9 Å². The maximum absolute atomic E-state index is 13.1. The molecule has 2 amide bonds. The number of nitrogens with zero attached hydrogens (tertiary/aromatic N) is 2. The van der Waals surface area contributed by atoms with Crippen molar-refractivity contribution in [2.75, 3.05) is 18.4 Å². The van der Waals surface area contributed by atoms with Crippen molar-refractivity contribution in [3.05, 3.63) is 34.1 Å². The Bertz CT molecular complexity index is 486. The van der Waals surface area contributed by atoms with E-state index in [1.165, 1.54) is 6.07 Å². The fraction of sp³-hybridized carbons (Fsp3) is 0.364. The fourth-order valence-electron chi connectivity index (χ4n) is 1.85. The highest BCUT2D eigenvalue weighted by atomic mass is 19.1. The Hall–Kier alpha value is -2.18. The third kappa shape index (κ3) is 2.55. The summed E-state index contributed by atoms with van der Waals surface area (Å²) in [6.45, 7) is 1.35. The Balaban J connectivity index is 2.11. The first kappa shape index (κ1) is 12.3. The van der Waals surface area contributed by atoms with Crippen molar-refractivity contribution in [1.82, 2.24) is 4.90 Å². The van der Waals surface area contributed by atoms with E-state index in [0.29, 0.717) is 13.1 Å². The second kappa shape index (κ2) is 4.99. The molecule has 6 nitrogen and oxygen atoms in total. The number of carbonyl (C=O) groups excluding carboxylic acids is 1. The van der Waals surface area contributed by atoms with Crippen LogP contribution in [0.5, 0.6) is 0 Å². The molecule has 1 aromatic rings. The molecule has 0 spiro atoms. The monoisotopic (exact) mass is 253 g/mol. The van der Waals surface area contributed by atoms with Crippen LogP contribution in [0.15, 0.2) is 18.2 Å². The van der Waals surface area contributed by atoms with E-state index in [-0.39, 0.29) is 11.7 Å². The van der Waals surface area contributed by atoms with Crippen molar-refractivity contribution in [2.24, 2.45) is 0 Å². The molecule has 0 radical (unpaired) electrons. The molecule has 0 bridgehead atoms. The number of rotatable bonds is 2. The molecular formula is C11H12FN3O3. The standard InChI is InChI=1S/C11H12FN3O3/c12-9-4-3-8(7-10(9)15(17)18)13-11(16)14-5-1-2-6-14/h3-4,7H,1-2,5-6H2,(H,13,16). The SMILES string of the molecule is O=C(Nc1ccc(F)c([N+](=O)[O-])c1)N1CCCC1. The van der Waals surface area contributed by atoms with Gasteiger partial charge in [0.05, 0.1) is 4.92 Å². The lowest BCUT2D eigenvalue weighted by Crippen LogP contribution is -2.32. The Morgan fingerprint density at radius 3 is 2.67 bits per heavy atom. The summed E-state index contributed by atoms with van der Waals surface area (Å²) in [6, 6.07) is 2.98. The van der Waals surface area contributed by atoms with Gasteiger partial charge in [-0.25, -0.2) is 4.79 Å². The minimum absolute atomic E-state index is 0.222. The first-order valence-electron chi connectivity index (χ1n) is 5.58. The third-order valence-electron chi connectivity index (χ3n) is 2.79. The third-order valence-corrected chi connectivity index (χ3v) is 2.79. The van der Waals surface area contributed by atoms with Crippen LogP contribution < -0.4 is 5.32 Å². The van der Waals surface area contributed by atoms with Gasteiger partial charge in [0.1, 0.15) is 0 Å². The van der Waals surface area contributed by atoms with E-state index in [9.17, 15) is 19.3 Å². The van der Waals surface area contributed by atoms with E-state index in [1.54, 1.807) is 4.90 Å². The van der Waals surface area contributed by atoms with Crippen LogP contribution in [0.2, 0.25) is 0 Å². The zero-order valence-electron chi connectivity index (χ0n) is 9.56. The van der Waals surface area contributed by atoms with Crippen LogP contribution in [0.25, 0.3) is 0 Å². The highest BCUT2D eigenvalue weighted by Gasteiger charge is 2.19. The number of anilines is 1. The summed E-state index contributed by atoms with van der Waals surface area (Å²) in [5.41, 5.74) is -0.422. The van der Waals surface area contributed by atoms with Crippen LogP contribution in [0.3, 0.4) is 0 Å². The fourth-order valence-corrected chi connectivity index (χ4v) is 1.85. The largest absolute Gasteiger partial charge is 0.325 e. The number of benzene rings is 1. The lowest BCUT2D eigenvalue weighted by molar-refractivity contribution is -0.387. The van der Waals surface area contributed by atoms with Gasteiger partial charge >= 0.3 is 11.7 Å². The highest BCUT2D eigenvalue weighted by molar-refractivity contribution is 5.89. The molecule has 1 heterocycles. The molecule has 96 valence electrons. The second-order valence-electron chi connectivity index (χ2n) is 4.05. The molecule has 0 saturated carbocycles. The van der Waals surface area contributed by atoms with Gasteiger partial charge in [-0.3, -0.25) is 10.1 Å². The van der Waals surface area contributed by atoms with Crippen molar-refractivity contribution in [1.29, 1.82) is 0 Å². The molecule has 1 saturated heterocycles. The maximum Gasteiger partial charge on any atom is 0.321 e. The normalized spacial score (nSPS) is 14.6. The number of carbonyl (C=O) groups is 1. The Morgan fingerprint density at radius 2 is 2.06 bits per heavy atom. The molecule has 1 aliphatic heterocycles. The van der Waals surface area contributed by atoms with Gasteiger partial charge < -0.3 is 10.2 Å². The molecule has 0 atom stereocenters. The summed E-state index contributed by atoms with van der Waals surface area (Å²) in [5, 5.41) is 13.1. The van der Waals surface area contributed by atoms with Gasteiger partial charge in [0.25, 0.3) is 0 Å². The Morgan fingerprint density at radius 1 is 1.39 bits per heavy atom. The predicted molar refractivity (Wildman–Crippen MR) is 62.9 cm³/mol. The molecule has 1 aliphatic rings. The summed E-state index contributed by atoms with van der Waals surface area (Å²) < 4.78 is 13.1. The van der Waals surface area contributed by atoms with E-state index in [1.807, 2.05) is 0 Å². The number of likely N-dealkylation sites (tertiary alicyclic amines) is 1. The molecule has 7 heteroatoms. The number of nitrogens with one attached hydrogen (secondary N) is 1. The van der Waals surface area contributed by atoms with Gasteiger partial charge in [0.15, 0.2) is 0 Å². The second-order valence-corrected chi connectivity index (χ2v) is 4.05. The average Bonchev–Trinajstić information content (AvgIpc) is 2.85. The van der Waals surface area contributed by atoms with Crippen LogP contribution in [0.1, 0.15) is 12.8 Å². The first-order valence-corrected chi connectivity index (χ1v) is 5.58. The molecule has 0 aliphatic carbocycles. The van der Waals surface area contributed by atoms with Crippen molar-refractivity contribution >= 4 is 17.4 Å². The average molecular weight is 253 g/mol.